The summed E-state index contributed by atoms with van der Waals surface area (Å²) in [5.74, 6) is 1.40. The molecule has 0 saturated heterocycles. The Kier molecular flexibility index (Phi) is 6.18. The van der Waals surface area contributed by atoms with Gasteiger partial charge in [-0.05, 0) is 56.2 Å². The number of nitrogens with one attached hydrogen (secondary N) is 1. The Morgan fingerprint density at radius 1 is 1.10 bits per heavy atom. The number of pyridine rings is 1. The number of aryl methyl sites for hydroxylation is 2. The molecule has 3 aromatic heterocycles. The summed E-state index contributed by atoms with van der Waals surface area (Å²) >= 11 is 1.37. The Morgan fingerprint density at radius 2 is 1.84 bits per heavy atom. The van der Waals surface area contributed by atoms with E-state index in [2.05, 4.69) is 20.5 Å². The lowest BCUT2D eigenvalue weighted by Gasteiger charge is -2.15. The molecule has 1 unspecified atom stereocenters. The molecule has 7 nitrogen and oxygen atoms in total. The predicted octanol–water partition coefficient (Wildman–Crippen LogP) is 4.72. The highest BCUT2D eigenvalue weighted by molar-refractivity contribution is 8.00. The number of furan rings is 1. The van der Waals surface area contributed by atoms with Crippen molar-refractivity contribution in [3.05, 3.63) is 78.0 Å². The minimum atomic E-state index is -0.371. The van der Waals surface area contributed by atoms with Crippen LogP contribution in [0, 0.1) is 13.8 Å². The molecule has 0 radical (unpaired) electrons. The second-order valence-electron chi connectivity index (χ2n) is 7.22. The SMILES string of the molecule is Cc1cccc(C)c1NC(=O)C(C)Sc1nnc(-c2ccncc2)n1Cc1ccco1. The van der Waals surface area contributed by atoms with Gasteiger partial charge in [0.2, 0.25) is 5.91 Å². The molecule has 4 aromatic rings. The molecule has 1 atom stereocenters. The fourth-order valence-corrected chi connectivity index (χ4v) is 4.09. The van der Waals surface area contributed by atoms with Gasteiger partial charge in [-0.1, -0.05) is 30.0 Å². The van der Waals surface area contributed by atoms with E-state index in [9.17, 15) is 4.79 Å². The summed E-state index contributed by atoms with van der Waals surface area (Å²) in [5.41, 5.74) is 3.82. The molecule has 0 aliphatic carbocycles. The predicted molar refractivity (Wildman–Crippen MR) is 121 cm³/mol. The Hall–Kier alpha value is -3.39. The summed E-state index contributed by atoms with van der Waals surface area (Å²) in [6, 6.07) is 13.5. The third-order valence-corrected chi connectivity index (χ3v) is 6.01. The van der Waals surface area contributed by atoms with E-state index < -0.39 is 0 Å². The summed E-state index contributed by atoms with van der Waals surface area (Å²) < 4.78 is 7.49. The number of anilines is 1. The zero-order valence-corrected chi connectivity index (χ0v) is 18.4. The largest absolute Gasteiger partial charge is 0.467 e. The number of hydrogen-bond donors (Lipinski definition) is 1. The van der Waals surface area contributed by atoms with Crippen molar-refractivity contribution in [3.8, 4) is 11.4 Å². The molecule has 1 N–H and O–H groups in total. The van der Waals surface area contributed by atoms with Crippen LogP contribution in [0.5, 0.6) is 0 Å². The molecule has 8 heteroatoms. The van der Waals surface area contributed by atoms with Crippen LogP contribution in [0.2, 0.25) is 0 Å². The third-order valence-electron chi connectivity index (χ3n) is 4.93. The van der Waals surface area contributed by atoms with Crippen LogP contribution < -0.4 is 5.32 Å². The maximum Gasteiger partial charge on any atom is 0.237 e. The fourth-order valence-electron chi connectivity index (χ4n) is 3.24. The Bertz CT molecular complexity index is 1150. The molecule has 0 fully saturated rings. The van der Waals surface area contributed by atoms with Gasteiger partial charge in [0.25, 0.3) is 0 Å². The molecule has 1 amide bonds. The molecule has 0 aliphatic heterocycles. The highest BCUT2D eigenvalue weighted by Crippen LogP contribution is 2.29. The first-order valence-corrected chi connectivity index (χ1v) is 10.8. The van der Waals surface area contributed by atoms with E-state index >= 15 is 0 Å². The van der Waals surface area contributed by atoms with E-state index in [4.69, 9.17) is 4.42 Å². The van der Waals surface area contributed by atoms with Crippen molar-refractivity contribution in [2.45, 2.75) is 37.7 Å². The minimum absolute atomic E-state index is 0.0830. The monoisotopic (exact) mass is 433 g/mol. The number of benzene rings is 1. The topological polar surface area (TPSA) is 85.8 Å². The molecule has 1 aromatic carbocycles. The van der Waals surface area contributed by atoms with Crippen LogP contribution in [0.1, 0.15) is 23.8 Å². The molecule has 3 heterocycles. The van der Waals surface area contributed by atoms with Gasteiger partial charge in [-0.2, -0.15) is 0 Å². The van der Waals surface area contributed by atoms with E-state index in [1.807, 2.05) is 67.8 Å². The summed E-state index contributed by atoms with van der Waals surface area (Å²) in [6.07, 6.45) is 5.07. The average Bonchev–Trinajstić information content (AvgIpc) is 3.42. The van der Waals surface area contributed by atoms with Crippen molar-refractivity contribution in [1.29, 1.82) is 0 Å². The minimum Gasteiger partial charge on any atom is -0.467 e. The first-order chi connectivity index (χ1) is 15.0. The van der Waals surface area contributed by atoms with Crippen molar-refractivity contribution in [2.75, 3.05) is 5.32 Å². The number of carbonyl (C=O) groups is 1. The van der Waals surface area contributed by atoms with Crippen LogP contribution in [0.15, 0.2) is 70.7 Å². The lowest BCUT2D eigenvalue weighted by molar-refractivity contribution is -0.115. The standard InChI is InChI=1S/C23H23N5O2S/c1-15-6-4-7-16(2)20(15)25-22(29)17(3)31-23-27-26-21(18-9-11-24-12-10-18)28(23)14-19-8-5-13-30-19/h4-13,17H,14H2,1-3H3,(H,25,29). The summed E-state index contributed by atoms with van der Waals surface area (Å²) in [4.78, 5) is 17.0. The zero-order valence-electron chi connectivity index (χ0n) is 17.6. The first kappa shape index (κ1) is 20.9. The van der Waals surface area contributed by atoms with Crippen molar-refractivity contribution in [3.63, 3.8) is 0 Å². The van der Waals surface area contributed by atoms with Crippen molar-refractivity contribution in [1.82, 2.24) is 19.7 Å². The molecule has 0 spiro atoms. The van der Waals surface area contributed by atoms with Gasteiger partial charge in [-0.25, -0.2) is 0 Å². The van der Waals surface area contributed by atoms with Gasteiger partial charge in [-0.3, -0.25) is 14.3 Å². The number of rotatable bonds is 7. The van der Waals surface area contributed by atoms with Gasteiger partial charge in [0.15, 0.2) is 11.0 Å². The van der Waals surface area contributed by atoms with Crippen molar-refractivity contribution < 1.29 is 9.21 Å². The van der Waals surface area contributed by atoms with Crippen LogP contribution in [0.4, 0.5) is 5.69 Å². The zero-order chi connectivity index (χ0) is 21.8. The normalized spacial score (nSPS) is 12.0. The first-order valence-electron chi connectivity index (χ1n) is 9.92. The maximum atomic E-state index is 12.9. The quantitative estimate of drug-likeness (QED) is 0.425. The second kappa shape index (κ2) is 9.18. The van der Waals surface area contributed by atoms with Gasteiger partial charge in [0.05, 0.1) is 18.1 Å². The van der Waals surface area contributed by atoms with Crippen LogP contribution in [-0.2, 0) is 11.3 Å². The average molecular weight is 434 g/mol. The van der Waals surface area contributed by atoms with E-state index in [0.29, 0.717) is 17.5 Å². The van der Waals surface area contributed by atoms with E-state index in [1.54, 1.807) is 18.7 Å². The van der Waals surface area contributed by atoms with E-state index in [1.165, 1.54) is 11.8 Å². The molecular formula is C23H23N5O2S. The number of nitrogens with zero attached hydrogens (tertiary/aromatic N) is 4. The highest BCUT2D eigenvalue weighted by atomic mass is 32.2. The summed E-state index contributed by atoms with van der Waals surface area (Å²) in [6.45, 7) is 6.31. The van der Waals surface area contributed by atoms with Gasteiger partial charge in [-0.15, -0.1) is 10.2 Å². The van der Waals surface area contributed by atoms with Crippen LogP contribution in [0.25, 0.3) is 11.4 Å². The number of aromatic nitrogens is 4. The number of hydrogen-bond acceptors (Lipinski definition) is 6. The van der Waals surface area contributed by atoms with Crippen LogP contribution in [-0.4, -0.2) is 30.9 Å². The molecule has 0 saturated carbocycles. The van der Waals surface area contributed by atoms with Crippen molar-refractivity contribution in [2.24, 2.45) is 0 Å². The molecule has 4 rings (SSSR count). The smallest absolute Gasteiger partial charge is 0.237 e. The Morgan fingerprint density at radius 3 is 2.52 bits per heavy atom. The molecule has 158 valence electrons. The Balaban J connectivity index is 1.58. The van der Waals surface area contributed by atoms with Crippen molar-refractivity contribution >= 4 is 23.4 Å². The second-order valence-corrected chi connectivity index (χ2v) is 8.53. The Labute approximate surface area is 184 Å². The van der Waals surface area contributed by atoms with Crippen LogP contribution in [0.3, 0.4) is 0 Å². The number of carbonyl (C=O) groups excluding carboxylic acids is 1. The van der Waals surface area contributed by atoms with Gasteiger partial charge in [0.1, 0.15) is 5.76 Å². The molecule has 31 heavy (non-hydrogen) atoms. The highest BCUT2D eigenvalue weighted by Gasteiger charge is 2.22. The number of thioether (sulfide) groups is 1. The van der Waals surface area contributed by atoms with E-state index in [-0.39, 0.29) is 11.2 Å². The summed E-state index contributed by atoms with van der Waals surface area (Å²) in [5, 5.41) is 12.1. The number of para-hydroxylation sites is 1. The maximum absolute atomic E-state index is 12.9. The molecule has 0 aliphatic rings. The van der Waals surface area contributed by atoms with Gasteiger partial charge >= 0.3 is 0 Å². The summed E-state index contributed by atoms with van der Waals surface area (Å²) in [7, 11) is 0. The van der Waals surface area contributed by atoms with E-state index in [0.717, 1.165) is 28.1 Å². The lowest BCUT2D eigenvalue weighted by atomic mass is 10.1. The van der Waals surface area contributed by atoms with Crippen LogP contribution >= 0.6 is 11.8 Å². The molecular weight excluding hydrogens is 410 g/mol. The fraction of sp³-hybridized carbons (Fsp3) is 0.217. The van der Waals surface area contributed by atoms with Gasteiger partial charge < -0.3 is 9.73 Å². The van der Waals surface area contributed by atoms with Gasteiger partial charge in [0, 0.05) is 23.6 Å². The third kappa shape index (κ3) is 4.69. The lowest BCUT2D eigenvalue weighted by Crippen LogP contribution is -2.24. The molecule has 0 bridgehead atoms. The number of amides is 1.